The Bertz CT molecular complexity index is 547. The Morgan fingerprint density at radius 3 is 2.52 bits per heavy atom. The number of ether oxygens (including phenoxy) is 1. The normalized spacial score (nSPS) is 11.1. The minimum absolute atomic E-state index is 0.0617. The Morgan fingerprint density at radius 2 is 2.05 bits per heavy atom. The van der Waals surface area contributed by atoms with E-state index < -0.39 is 17.7 Å². The van der Waals surface area contributed by atoms with Gasteiger partial charge in [-0.25, -0.2) is 0 Å². The molecule has 0 fully saturated rings. The molecule has 21 heavy (non-hydrogen) atoms. The molecule has 0 unspecified atom stereocenters. The van der Waals surface area contributed by atoms with E-state index in [1.807, 2.05) is 0 Å². The maximum atomic E-state index is 12.7. The fourth-order valence-electron chi connectivity index (χ4n) is 1.73. The molecule has 8 heteroatoms. The fraction of sp³-hybridized carbons (Fsp3) is 0.385. The predicted molar refractivity (Wildman–Crippen MR) is 77.2 cm³/mol. The van der Waals surface area contributed by atoms with Gasteiger partial charge in [-0.3, -0.25) is 4.79 Å². The number of halogens is 3. The molecule has 0 bridgehead atoms. The first-order valence-corrected chi connectivity index (χ1v) is 6.45. The van der Waals surface area contributed by atoms with Crippen LogP contribution >= 0.6 is 12.2 Å². The molecule has 4 nitrogen and oxygen atoms in total. The zero-order valence-corrected chi connectivity index (χ0v) is 12.3. The molecule has 2 N–H and O–H groups in total. The minimum Gasteiger partial charge on any atom is -0.465 e. The topological polar surface area (TPSA) is 55.6 Å². The molecule has 0 aliphatic carbocycles. The number of benzene rings is 1. The lowest BCUT2D eigenvalue weighted by atomic mass is 10.1. The van der Waals surface area contributed by atoms with E-state index in [0.29, 0.717) is 5.69 Å². The SMILES string of the molecule is CCOC(=O)CN(C)c1ccc(C(F)(F)F)cc1C(N)=S. The Morgan fingerprint density at radius 1 is 1.43 bits per heavy atom. The quantitative estimate of drug-likeness (QED) is 0.667. The number of rotatable bonds is 5. The summed E-state index contributed by atoms with van der Waals surface area (Å²) in [6.45, 7) is 1.77. The summed E-state index contributed by atoms with van der Waals surface area (Å²) < 4.78 is 42.9. The molecule has 0 atom stereocenters. The van der Waals surface area contributed by atoms with Gasteiger partial charge >= 0.3 is 12.1 Å². The maximum Gasteiger partial charge on any atom is 0.416 e. The second kappa shape index (κ2) is 6.75. The highest BCUT2D eigenvalue weighted by atomic mass is 32.1. The third-order valence-corrected chi connectivity index (χ3v) is 2.89. The Labute approximate surface area is 125 Å². The van der Waals surface area contributed by atoms with Crippen LogP contribution in [0.15, 0.2) is 18.2 Å². The van der Waals surface area contributed by atoms with Gasteiger partial charge in [0.1, 0.15) is 11.5 Å². The van der Waals surface area contributed by atoms with Crippen LogP contribution in [0, 0.1) is 0 Å². The highest BCUT2D eigenvalue weighted by Crippen LogP contribution is 2.32. The van der Waals surface area contributed by atoms with Crippen LogP contribution in [0.3, 0.4) is 0 Å². The summed E-state index contributed by atoms with van der Waals surface area (Å²) in [7, 11) is 1.54. The standard InChI is InChI=1S/C13H15F3N2O2S/c1-3-20-11(19)7-18(2)10-5-4-8(13(14,15)16)6-9(10)12(17)21/h4-6H,3,7H2,1-2H3,(H2,17,21). The van der Waals surface area contributed by atoms with Crippen molar-refractivity contribution >= 4 is 28.9 Å². The van der Waals surface area contributed by atoms with E-state index in [-0.39, 0.29) is 23.7 Å². The zero-order valence-electron chi connectivity index (χ0n) is 11.5. The van der Waals surface area contributed by atoms with Crippen molar-refractivity contribution in [3.05, 3.63) is 29.3 Å². The third-order valence-electron chi connectivity index (χ3n) is 2.67. The van der Waals surface area contributed by atoms with Crippen LogP contribution < -0.4 is 10.6 Å². The summed E-state index contributed by atoms with van der Waals surface area (Å²) in [5.41, 5.74) is 5.03. The van der Waals surface area contributed by atoms with Crippen LogP contribution in [-0.2, 0) is 15.7 Å². The monoisotopic (exact) mass is 320 g/mol. The van der Waals surface area contributed by atoms with Crippen LogP contribution in [0.5, 0.6) is 0 Å². The summed E-state index contributed by atoms with van der Waals surface area (Å²) in [5.74, 6) is -0.492. The number of hydrogen-bond acceptors (Lipinski definition) is 4. The van der Waals surface area contributed by atoms with E-state index in [9.17, 15) is 18.0 Å². The predicted octanol–water partition coefficient (Wildman–Crippen LogP) is 2.34. The molecule has 0 aromatic heterocycles. The Kier molecular flexibility index (Phi) is 5.54. The van der Waals surface area contributed by atoms with Crippen LogP contribution in [0.4, 0.5) is 18.9 Å². The molecular weight excluding hydrogens is 305 g/mol. The third kappa shape index (κ3) is 4.59. The van der Waals surface area contributed by atoms with Gasteiger partial charge in [-0.2, -0.15) is 13.2 Å². The van der Waals surface area contributed by atoms with Crippen molar-refractivity contribution in [2.45, 2.75) is 13.1 Å². The molecule has 0 radical (unpaired) electrons. The van der Waals surface area contributed by atoms with E-state index in [0.717, 1.165) is 12.1 Å². The Balaban J connectivity index is 3.12. The number of alkyl halides is 3. The molecule has 1 aromatic rings. The summed E-state index contributed by atoms with van der Waals surface area (Å²) in [6.07, 6.45) is -4.49. The van der Waals surface area contributed by atoms with Gasteiger partial charge in [-0.1, -0.05) is 12.2 Å². The van der Waals surface area contributed by atoms with Crippen molar-refractivity contribution < 1.29 is 22.7 Å². The zero-order chi connectivity index (χ0) is 16.2. The molecule has 0 aliphatic rings. The van der Waals surface area contributed by atoms with Crippen LogP contribution in [0.1, 0.15) is 18.1 Å². The molecule has 0 saturated carbocycles. The number of nitrogens with two attached hydrogens (primary N) is 1. The van der Waals surface area contributed by atoms with Gasteiger partial charge in [0.05, 0.1) is 12.2 Å². The second-order valence-corrected chi connectivity index (χ2v) is 4.69. The number of likely N-dealkylation sites (N-methyl/N-ethyl adjacent to an activating group) is 1. The molecule has 0 heterocycles. The van der Waals surface area contributed by atoms with Crippen molar-refractivity contribution in [1.82, 2.24) is 0 Å². The molecule has 116 valence electrons. The lowest BCUT2D eigenvalue weighted by molar-refractivity contribution is -0.141. The number of anilines is 1. The highest BCUT2D eigenvalue weighted by Gasteiger charge is 2.31. The first-order chi connectivity index (χ1) is 9.66. The van der Waals surface area contributed by atoms with E-state index in [1.165, 1.54) is 11.0 Å². The average molecular weight is 320 g/mol. The Hall–Kier alpha value is -1.83. The smallest absolute Gasteiger partial charge is 0.416 e. The minimum atomic E-state index is -4.49. The highest BCUT2D eigenvalue weighted by molar-refractivity contribution is 7.80. The summed E-state index contributed by atoms with van der Waals surface area (Å²) in [5, 5.41) is 0. The molecule has 0 saturated heterocycles. The van der Waals surface area contributed by atoms with Gasteiger partial charge in [0, 0.05) is 18.3 Å². The van der Waals surface area contributed by atoms with Crippen LogP contribution in [-0.4, -0.2) is 31.2 Å². The van der Waals surface area contributed by atoms with Crippen LogP contribution in [0.25, 0.3) is 0 Å². The molecule has 1 rings (SSSR count). The lowest BCUT2D eigenvalue weighted by Crippen LogP contribution is -2.29. The van der Waals surface area contributed by atoms with Crippen molar-refractivity contribution in [1.29, 1.82) is 0 Å². The maximum absolute atomic E-state index is 12.7. The van der Waals surface area contributed by atoms with Gasteiger partial charge in [0.25, 0.3) is 0 Å². The lowest BCUT2D eigenvalue weighted by Gasteiger charge is -2.22. The van der Waals surface area contributed by atoms with Crippen molar-refractivity contribution in [3.63, 3.8) is 0 Å². The van der Waals surface area contributed by atoms with Gasteiger partial charge in [0.15, 0.2) is 0 Å². The number of thiocarbonyl (C=S) groups is 1. The number of carbonyl (C=O) groups excluding carboxylic acids is 1. The van der Waals surface area contributed by atoms with E-state index >= 15 is 0 Å². The summed E-state index contributed by atoms with van der Waals surface area (Å²) in [4.78, 5) is 12.7. The van der Waals surface area contributed by atoms with Gasteiger partial charge in [0.2, 0.25) is 0 Å². The number of carbonyl (C=O) groups is 1. The van der Waals surface area contributed by atoms with Gasteiger partial charge in [-0.15, -0.1) is 0 Å². The first-order valence-electron chi connectivity index (χ1n) is 6.04. The second-order valence-electron chi connectivity index (χ2n) is 4.26. The molecule has 0 spiro atoms. The first kappa shape index (κ1) is 17.2. The molecule has 0 aliphatic heterocycles. The van der Waals surface area contributed by atoms with Crippen LogP contribution in [0.2, 0.25) is 0 Å². The summed E-state index contributed by atoms with van der Waals surface area (Å²) in [6, 6.07) is 3.02. The number of hydrogen-bond donors (Lipinski definition) is 1. The molecular formula is C13H15F3N2O2S. The fourth-order valence-corrected chi connectivity index (χ4v) is 1.89. The molecule has 1 aromatic carbocycles. The van der Waals surface area contributed by atoms with E-state index in [1.54, 1.807) is 14.0 Å². The van der Waals surface area contributed by atoms with Gasteiger partial charge in [-0.05, 0) is 25.1 Å². The van der Waals surface area contributed by atoms with E-state index in [2.05, 4.69) is 0 Å². The van der Waals surface area contributed by atoms with E-state index in [4.69, 9.17) is 22.7 Å². The largest absolute Gasteiger partial charge is 0.465 e. The van der Waals surface area contributed by atoms with Crippen molar-refractivity contribution in [2.24, 2.45) is 5.73 Å². The molecule has 0 amide bonds. The number of esters is 1. The van der Waals surface area contributed by atoms with Crippen molar-refractivity contribution in [2.75, 3.05) is 25.1 Å². The van der Waals surface area contributed by atoms with Gasteiger partial charge < -0.3 is 15.4 Å². The summed E-state index contributed by atoms with van der Waals surface area (Å²) >= 11 is 4.78. The number of nitrogens with zero attached hydrogens (tertiary/aromatic N) is 1. The average Bonchev–Trinajstić information content (AvgIpc) is 2.36. The van der Waals surface area contributed by atoms with Crippen molar-refractivity contribution in [3.8, 4) is 0 Å².